The number of hydroxylamine groups is 2. The minimum absolute atomic E-state index is 0.153. The van der Waals surface area contributed by atoms with E-state index in [0.29, 0.717) is 23.9 Å². The number of benzene rings is 1. The zero-order chi connectivity index (χ0) is 13.2. The molecule has 0 bridgehead atoms. The van der Waals surface area contributed by atoms with E-state index in [1.54, 1.807) is 0 Å². The van der Waals surface area contributed by atoms with E-state index in [1.807, 2.05) is 24.3 Å². The Morgan fingerprint density at radius 1 is 1.26 bits per heavy atom. The second-order valence-corrected chi connectivity index (χ2v) is 4.81. The van der Waals surface area contributed by atoms with Crippen molar-refractivity contribution in [2.24, 2.45) is 0 Å². The quantitative estimate of drug-likeness (QED) is 0.752. The second-order valence-electron chi connectivity index (χ2n) is 4.46. The zero-order valence-corrected chi connectivity index (χ0v) is 11.1. The Kier molecular flexibility index (Phi) is 3.36. The van der Waals surface area contributed by atoms with Gasteiger partial charge in [0.1, 0.15) is 5.15 Å². The van der Waals surface area contributed by atoms with Crippen molar-refractivity contribution in [3.05, 3.63) is 41.2 Å². The lowest BCUT2D eigenvalue weighted by Gasteiger charge is -2.26. The first-order valence-electron chi connectivity index (χ1n) is 6.25. The van der Waals surface area contributed by atoms with Gasteiger partial charge < -0.3 is 0 Å². The van der Waals surface area contributed by atoms with Crippen LogP contribution in [0.25, 0.3) is 10.8 Å². The van der Waals surface area contributed by atoms with E-state index < -0.39 is 0 Å². The van der Waals surface area contributed by atoms with Crippen LogP contribution in [0.4, 0.5) is 0 Å². The standard InChI is InChI=1S/C14H13ClN2O2/c15-13-11-6-2-1-5-10(11)12(9-16-13)14(18)17-7-3-4-8-19-17/h1-2,5-6,9H,3-4,7-8H2. The molecule has 4 nitrogen and oxygen atoms in total. The van der Waals surface area contributed by atoms with Gasteiger partial charge in [-0.15, -0.1) is 0 Å². The third kappa shape index (κ3) is 2.29. The van der Waals surface area contributed by atoms with E-state index in [2.05, 4.69) is 4.98 Å². The van der Waals surface area contributed by atoms with E-state index in [-0.39, 0.29) is 5.91 Å². The fourth-order valence-electron chi connectivity index (χ4n) is 2.22. The highest BCUT2D eigenvalue weighted by molar-refractivity contribution is 6.34. The van der Waals surface area contributed by atoms with Gasteiger partial charge in [-0.1, -0.05) is 35.9 Å². The molecule has 0 radical (unpaired) electrons. The van der Waals surface area contributed by atoms with E-state index in [0.717, 1.165) is 23.6 Å². The number of carbonyl (C=O) groups excluding carboxylic acids is 1. The second kappa shape index (κ2) is 5.15. The van der Waals surface area contributed by atoms with Gasteiger partial charge in [-0.05, 0) is 18.2 Å². The maximum absolute atomic E-state index is 12.4. The number of nitrogens with zero attached hydrogens (tertiary/aromatic N) is 2. The van der Waals surface area contributed by atoms with Crippen molar-refractivity contribution in [3.8, 4) is 0 Å². The average molecular weight is 277 g/mol. The molecular weight excluding hydrogens is 264 g/mol. The van der Waals surface area contributed by atoms with E-state index in [4.69, 9.17) is 16.4 Å². The minimum atomic E-state index is -0.153. The summed E-state index contributed by atoms with van der Waals surface area (Å²) in [6.45, 7) is 1.21. The van der Waals surface area contributed by atoms with Gasteiger partial charge in [0.2, 0.25) is 0 Å². The molecule has 1 aliphatic rings. The summed E-state index contributed by atoms with van der Waals surface area (Å²) < 4.78 is 0. The highest BCUT2D eigenvalue weighted by Gasteiger charge is 2.22. The van der Waals surface area contributed by atoms with Crippen LogP contribution in [0.15, 0.2) is 30.5 Å². The molecule has 0 atom stereocenters. The first-order valence-corrected chi connectivity index (χ1v) is 6.63. The molecule has 2 aromatic rings. The minimum Gasteiger partial charge on any atom is -0.271 e. The first kappa shape index (κ1) is 12.4. The Morgan fingerprint density at radius 3 is 2.79 bits per heavy atom. The smallest absolute Gasteiger partial charge is 0.271 e. The summed E-state index contributed by atoms with van der Waals surface area (Å²) in [6.07, 6.45) is 3.47. The van der Waals surface area contributed by atoms with E-state index in [9.17, 15) is 4.79 Å². The summed E-state index contributed by atoms with van der Waals surface area (Å²) in [7, 11) is 0. The molecule has 2 heterocycles. The van der Waals surface area contributed by atoms with Crippen molar-refractivity contribution in [1.82, 2.24) is 10.0 Å². The van der Waals surface area contributed by atoms with Gasteiger partial charge in [0.25, 0.3) is 5.91 Å². The average Bonchev–Trinajstić information content (AvgIpc) is 2.48. The molecule has 0 unspecified atom stereocenters. The summed E-state index contributed by atoms with van der Waals surface area (Å²) in [4.78, 5) is 21.9. The Morgan fingerprint density at radius 2 is 2.05 bits per heavy atom. The van der Waals surface area contributed by atoms with Gasteiger partial charge in [0, 0.05) is 18.1 Å². The SMILES string of the molecule is O=C(c1cnc(Cl)c2ccccc12)N1CCCCO1. The topological polar surface area (TPSA) is 42.4 Å². The lowest BCUT2D eigenvalue weighted by Crippen LogP contribution is -2.35. The molecule has 19 heavy (non-hydrogen) atoms. The van der Waals surface area contributed by atoms with Crippen molar-refractivity contribution in [2.75, 3.05) is 13.2 Å². The molecule has 0 N–H and O–H groups in total. The van der Waals surface area contributed by atoms with Crippen molar-refractivity contribution >= 4 is 28.3 Å². The fourth-order valence-corrected chi connectivity index (χ4v) is 2.43. The van der Waals surface area contributed by atoms with Crippen molar-refractivity contribution < 1.29 is 9.63 Å². The first-order chi connectivity index (χ1) is 9.27. The molecule has 98 valence electrons. The molecule has 3 rings (SSSR count). The number of amides is 1. The number of aromatic nitrogens is 1. The Bertz CT molecular complexity index is 624. The number of halogens is 1. The molecule has 1 fully saturated rings. The molecular formula is C14H13ClN2O2. The summed E-state index contributed by atoms with van der Waals surface area (Å²) in [5.74, 6) is -0.153. The molecule has 1 aromatic carbocycles. The van der Waals surface area contributed by atoms with Crippen LogP contribution in [0.2, 0.25) is 5.15 Å². The predicted octanol–water partition coefficient (Wildman–Crippen LogP) is 3.06. The van der Waals surface area contributed by atoms with Gasteiger partial charge in [0.15, 0.2) is 0 Å². The van der Waals surface area contributed by atoms with Gasteiger partial charge in [-0.25, -0.2) is 10.0 Å². The summed E-state index contributed by atoms with van der Waals surface area (Å²) >= 11 is 6.05. The number of rotatable bonds is 1. The fraction of sp³-hybridized carbons (Fsp3) is 0.286. The third-order valence-electron chi connectivity index (χ3n) is 3.21. The van der Waals surface area contributed by atoms with Gasteiger partial charge >= 0.3 is 0 Å². The monoisotopic (exact) mass is 276 g/mol. The van der Waals surface area contributed by atoms with Crippen LogP contribution in [0, 0.1) is 0 Å². The summed E-state index contributed by atoms with van der Waals surface area (Å²) in [5, 5.41) is 3.42. The summed E-state index contributed by atoms with van der Waals surface area (Å²) in [5.41, 5.74) is 0.530. The van der Waals surface area contributed by atoms with Crippen LogP contribution >= 0.6 is 11.6 Å². The van der Waals surface area contributed by atoms with Crippen LogP contribution in [0.1, 0.15) is 23.2 Å². The zero-order valence-electron chi connectivity index (χ0n) is 10.3. The normalized spacial score (nSPS) is 15.7. The van der Waals surface area contributed by atoms with E-state index >= 15 is 0 Å². The molecule has 1 amide bonds. The van der Waals surface area contributed by atoms with Gasteiger partial charge in [-0.3, -0.25) is 9.63 Å². The number of carbonyl (C=O) groups is 1. The highest BCUT2D eigenvalue weighted by Crippen LogP contribution is 2.25. The van der Waals surface area contributed by atoms with Crippen molar-refractivity contribution in [2.45, 2.75) is 12.8 Å². The van der Waals surface area contributed by atoms with Gasteiger partial charge in [0.05, 0.1) is 12.2 Å². The number of hydrogen-bond acceptors (Lipinski definition) is 3. The van der Waals surface area contributed by atoms with Crippen LogP contribution in [-0.2, 0) is 4.84 Å². The van der Waals surface area contributed by atoms with Crippen LogP contribution in [0.5, 0.6) is 0 Å². The number of pyridine rings is 1. The molecule has 1 aliphatic heterocycles. The highest BCUT2D eigenvalue weighted by atomic mass is 35.5. The number of hydrogen-bond donors (Lipinski definition) is 0. The molecule has 5 heteroatoms. The van der Waals surface area contributed by atoms with Crippen LogP contribution in [0.3, 0.4) is 0 Å². The van der Waals surface area contributed by atoms with Crippen LogP contribution < -0.4 is 0 Å². The molecule has 0 spiro atoms. The molecule has 1 aromatic heterocycles. The largest absolute Gasteiger partial charge is 0.279 e. The van der Waals surface area contributed by atoms with Crippen molar-refractivity contribution in [1.29, 1.82) is 0 Å². The lowest BCUT2D eigenvalue weighted by molar-refractivity contribution is -0.144. The lowest BCUT2D eigenvalue weighted by atomic mass is 10.1. The van der Waals surface area contributed by atoms with Gasteiger partial charge in [-0.2, -0.15) is 0 Å². The molecule has 0 saturated carbocycles. The molecule has 1 saturated heterocycles. The Balaban J connectivity index is 2.05. The third-order valence-corrected chi connectivity index (χ3v) is 3.51. The maximum Gasteiger partial charge on any atom is 0.279 e. The van der Waals surface area contributed by atoms with Crippen LogP contribution in [-0.4, -0.2) is 29.1 Å². The predicted molar refractivity (Wildman–Crippen MR) is 73.0 cm³/mol. The van der Waals surface area contributed by atoms with Crippen molar-refractivity contribution in [3.63, 3.8) is 0 Å². The maximum atomic E-state index is 12.4. The number of fused-ring (bicyclic) bond motifs is 1. The van der Waals surface area contributed by atoms with E-state index in [1.165, 1.54) is 11.3 Å². The summed E-state index contributed by atoms with van der Waals surface area (Å²) in [6, 6.07) is 7.49. The Labute approximate surface area is 115 Å². The molecule has 0 aliphatic carbocycles. The Hall–Kier alpha value is -1.65.